The van der Waals surface area contributed by atoms with E-state index in [-0.39, 0.29) is 29.5 Å². The summed E-state index contributed by atoms with van der Waals surface area (Å²) in [5.74, 6) is -0.246. The number of aromatic hydroxyl groups is 1. The first kappa shape index (κ1) is 15.4. The Hall–Kier alpha value is -0.590. The molecule has 0 bridgehead atoms. The number of halogens is 4. The minimum Gasteiger partial charge on any atom is -0.504 e. The highest BCUT2D eigenvalue weighted by Gasteiger charge is 2.25. The van der Waals surface area contributed by atoms with Gasteiger partial charge in [-0.1, -0.05) is 15.9 Å². The van der Waals surface area contributed by atoms with Crippen molar-refractivity contribution in [3.05, 3.63) is 22.2 Å². The zero-order valence-corrected chi connectivity index (χ0v) is 10.7. The van der Waals surface area contributed by atoms with Gasteiger partial charge in [-0.25, -0.2) is 8.78 Å². The zero-order chi connectivity index (χ0) is 11.6. The minimum atomic E-state index is -2.75. The molecule has 0 fully saturated rings. The molecule has 0 spiro atoms. The summed E-state index contributed by atoms with van der Waals surface area (Å²) >= 11 is 3.05. The van der Waals surface area contributed by atoms with Crippen LogP contribution in [0.25, 0.3) is 0 Å². The van der Waals surface area contributed by atoms with Crippen LogP contribution in [-0.2, 0) is 0 Å². The third-order valence-electron chi connectivity index (χ3n) is 1.95. The Morgan fingerprint density at radius 2 is 2.00 bits per heavy atom. The van der Waals surface area contributed by atoms with Crippen molar-refractivity contribution < 1.29 is 18.6 Å². The van der Waals surface area contributed by atoms with Crippen LogP contribution in [0, 0.1) is 0 Å². The van der Waals surface area contributed by atoms with Crippen molar-refractivity contribution in [1.29, 1.82) is 0 Å². The fourth-order valence-corrected chi connectivity index (χ4v) is 1.76. The number of hydrogen-bond donors (Lipinski definition) is 2. The lowest BCUT2D eigenvalue weighted by Gasteiger charge is -2.16. The van der Waals surface area contributed by atoms with E-state index < -0.39 is 12.5 Å². The monoisotopic (exact) mass is 317 g/mol. The quantitative estimate of drug-likeness (QED) is 0.901. The van der Waals surface area contributed by atoms with Crippen molar-refractivity contribution in [1.82, 2.24) is 0 Å². The molecule has 16 heavy (non-hydrogen) atoms. The number of phenols is 1. The number of phenolic OH excluding ortho intramolecular Hbond substituents is 1. The standard InChI is InChI=1S/C9H10BrF2NO2.ClH/c1-15-5-3-2-4(10)6(8(5)14)7(13)9(11)12;/h2-3,7,9,14H,13H2,1H3;1H/t7-;/m0./s1. The van der Waals surface area contributed by atoms with Gasteiger partial charge in [0.1, 0.15) is 0 Å². The van der Waals surface area contributed by atoms with Gasteiger partial charge < -0.3 is 15.6 Å². The third-order valence-corrected chi connectivity index (χ3v) is 2.64. The predicted molar refractivity (Wildman–Crippen MR) is 62.5 cm³/mol. The topological polar surface area (TPSA) is 55.5 Å². The van der Waals surface area contributed by atoms with Crippen LogP contribution in [0.15, 0.2) is 16.6 Å². The van der Waals surface area contributed by atoms with Gasteiger partial charge in [0.2, 0.25) is 0 Å². The van der Waals surface area contributed by atoms with Crippen LogP contribution >= 0.6 is 28.3 Å². The van der Waals surface area contributed by atoms with Crippen LogP contribution in [0.1, 0.15) is 11.6 Å². The van der Waals surface area contributed by atoms with Gasteiger partial charge in [-0.05, 0) is 12.1 Å². The van der Waals surface area contributed by atoms with Crippen molar-refractivity contribution in [3.8, 4) is 11.5 Å². The van der Waals surface area contributed by atoms with Gasteiger partial charge in [-0.15, -0.1) is 12.4 Å². The van der Waals surface area contributed by atoms with Crippen molar-refractivity contribution in [2.45, 2.75) is 12.5 Å². The number of hydrogen-bond acceptors (Lipinski definition) is 3. The molecule has 0 aliphatic rings. The zero-order valence-electron chi connectivity index (χ0n) is 8.28. The minimum absolute atomic E-state index is 0. The lowest BCUT2D eigenvalue weighted by Crippen LogP contribution is -2.19. The number of nitrogens with two attached hydrogens (primary N) is 1. The highest BCUT2D eigenvalue weighted by atomic mass is 79.9. The van der Waals surface area contributed by atoms with Gasteiger partial charge in [0.15, 0.2) is 11.5 Å². The summed E-state index contributed by atoms with van der Waals surface area (Å²) in [4.78, 5) is 0. The molecule has 3 N–H and O–H groups in total. The Balaban J connectivity index is 0.00000225. The molecule has 0 saturated heterocycles. The molecule has 92 valence electrons. The first-order chi connectivity index (χ1) is 6.99. The molecule has 0 radical (unpaired) electrons. The lowest BCUT2D eigenvalue weighted by atomic mass is 10.1. The molecule has 1 aromatic carbocycles. The fraction of sp³-hybridized carbons (Fsp3) is 0.333. The normalized spacial score (nSPS) is 12.1. The number of methoxy groups -OCH3 is 1. The molecule has 0 aliphatic heterocycles. The first-order valence-electron chi connectivity index (χ1n) is 4.08. The predicted octanol–water partition coefficient (Wildman–Crippen LogP) is 2.85. The molecule has 7 heteroatoms. The molecule has 0 aromatic heterocycles. The van der Waals surface area contributed by atoms with E-state index in [9.17, 15) is 13.9 Å². The Bertz CT molecular complexity index is 366. The van der Waals surface area contributed by atoms with Gasteiger partial charge in [0, 0.05) is 10.0 Å². The molecule has 1 atom stereocenters. The summed E-state index contributed by atoms with van der Waals surface area (Å²) in [6, 6.07) is 1.41. The van der Waals surface area contributed by atoms with Crippen LogP contribution < -0.4 is 10.5 Å². The van der Waals surface area contributed by atoms with Crippen LogP contribution in [0.5, 0.6) is 11.5 Å². The second kappa shape index (κ2) is 6.22. The van der Waals surface area contributed by atoms with E-state index in [1.807, 2.05) is 0 Å². The van der Waals surface area contributed by atoms with Gasteiger partial charge in [0.25, 0.3) is 6.43 Å². The van der Waals surface area contributed by atoms with Gasteiger partial charge in [-0.3, -0.25) is 0 Å². The van der Waals surface area contributed by atoms with E-state index in [0.717, 1.165) is 0 Å². The molecular weight excluding hydrogens is 307 g/mol. The lowest BCUT2D eigenvalue weighted by molar-refractivity contribution is 0.114. The largest absolute Gasteiger partial charge is 0.504 e. The van der Waals surface area contributed by atoms with Gasteiger partial charge >= 0.3 is 0 Å². The van der Waals surface area contributed by atoms with Crippen molar-refractivity contribution in [2.75, 3.05) is 7.11 Å². The summed E-state index contributed by atoms with van der Waals surface area (Å²) in [6.07, 6.45) is -2.75. The van der Waals surface area contributed by atoms with Gasteiger partial charge in [-0.2, -0.15) is 0 Å². The van der Waals surface area contributed by atoms with Crippen LogP contribution in [0.3, 0.4) is 0 Å². The van der Waals surface area contributed by atoms with E-state index in [1.165, 1.54) is 19.2 Å². The molecule has 0 aliphatic carbocycles. The maximum Gasteiger partial charge on any atom is 0.257 e. The van der Waals surface area contributed by atoms with E-state index in [4.69, 9.17) is 10.5 Å². The molecule has 3 nitrogen and oxygen atoms in total. The molecule has 1 rings (SSSR count). The SMILES string of the molecule is COc1ccc(Br)c([C@H](N)C(F)F)c1O.Cl. The first-order valence-corrected chi connectivity index (χ1v) is 4.87. The van der Waals surface area contributed by atoms with Crippen LogP contribution in [0.2, 0.25) is 0 Å². The van der Waals surface area contributed by atoms with E-state index in [0.29, 0.717) is 4.47 Å². The van der Waals surface area contributed by atoms with Crippen LogP contribution in [0.4, 0.5) is 8.78 Å². The average molecular weight is 319 g/mol. The fourth-order valence-electron chi connectivity index (χ4n) is 1.17. The highest BCUT2D eigenvalue weighted by Crippen LogP contribution is 2.39. The summed E-state index contributed by atoms with van der Waals surface area (Å²) < 4.78 is 30.0. The highest BCUT2D eigenvalue weighted by molar-refractivity contribution is 9.10. The molecule has 0 unspecified atom stereocenters. The molecular formula is C9H11BrClF2NO2. The van der Waals surface area contributed by atoms with E-state index in [1.54, 1.807) is 0 Å². The second-order valence-electron chi connectivity index (χ2n) is 2.87. The van der Waals surface area contributed by atoms with E-state index in [2.05, 4.69) is 15.9 Å². The Morgan fingerprint density at radius 1 is 1.44 bits per heavy atom. The number of ether oxygens (including phenoxy) is 1. The number of benzene rings is 1. The van der Waals surface area contributed by atoms with Crippen LogP contribution in [-0.4, -0.2) is 18.6 Å². The maximum absolute atomic E-state index is 12.4. The average Bonchev–Trinajstić information content (AvgIpc) is 2.17. The van der Waals surface area contributed by atoms with Gasteiger partial charge in [0.05, 0.1) is 13.2 Å². The third kappa shape index (κ3) is 2.96. The molecule has 0 saturated carbocycles. The summed E-state index contributed by atoms with van der Waals surface area (Å²) in [5.41, 5.74) is 5.22. The molecule has 0 amide bonds. The Kier molecular flexibility index (Phi) is 5.99. The smallest absolute Gasteiger partial charge is 0.257 e. The summed E-state index contributed by atoms with van der Waals surface area (Å²) in [7, 11) is 1.33. The Labute approximate surface area is 106 Å². The van der Waals surface area contributed by atoms with E-state index >= 15 is 0 Å². The number of rotatable bonds is 3. The summed E-state index contributed by atoms with van der Waals surface area (Å²) in [5, 5.41) is 9.62. The second-order valence-corrected chi connectivity index (χ2v) is 3.73. The van der Waals surface area contributed by atoms with Crippen molar-refractivity contribution in [2.24, 2.45) is 5.73 Å². The maximum atomic E-state index is 12.4. The summed E-state index contributed by atoms with van der Waals surface area (Å²) in [6.45, 7) is 0. The van der Waals surface area contributed by atoms with Crippen molar-refractivity contribution in [3.63, 3.8) is 0 Å². The number of alkyl halides is 2. The molecule has 1 aromatic rings. The van der Waals surface area contributed by atoms with Crippen molar-refractivity contribution >= 4 is 28.3 Å². The molecule has 0 heterocycles. The Morgan fingerprint density at radius 3 is 2.44 bits per heavy atom.